The largest absolute Gasteiger partial charge is 0.482 e. The van der Waals surface area contributed by atoms with E-state index in [1.807, 2.05) is 0 Å². The number of halogens is 2. The molecule has 1 aromatic rings. The Morgan fingerprint density at radius 2 is 2.19 bits per heavy atom. The zero-order valence-electron chi connectivity index (χ0n) is 8.00. The van der Waals surface area contributed by atoms with Gasteiger partial charge in [-0.15, -0.1) is 0 Å². The number of rotatable bonds is 3. The third-order valence-electron chi connectivity index (χ3n) is 1.52. The maximum atomic E-state index is 12.6. The first-order valence-electron chi connectivity index (χ1n) is 4.16. The van der Waals surface area contributed by atoms with Crippen molar-refractivity contribution >= 4 is 23.5 Å². The van der Waals surface area contributed by atoms with Gasteiger partial charge >= 0.3 is 6.03 Å². The molecule has 3 N–H and O–H groups in total. The second kappa shape index (κ2) is 5.32. The van der Waals surface area contributed by atoms with Gasteiger partial charge in [-0.05, 0) is 18.2 Å². The van der Waals surface area contributed by atoms with Gasteiger partial charge in [-0.2, -0.15) is 0 Å². The van der Waals surface area contributed by atoms with Crippen LogP contribution >= 0.6 is 11.6 Å². The topological polar surface area (TPSA) is 81.4 Å². The SMILES string of the molecule is NC(=O)NC(=O)COc1ccc(F)cc1Cl. The minimum atomic E-state index is -0.973. The van der Waals surface area contributed by atoms with Crippen molar-refractivity contribution in [3.8, 4) is 5.75 Å². The molecule has 0 spiro atoms. The summed E-state index contributed by atoms with van der Waals surface area (Å²) in [7, 11) is 0. The summed E-state index contributed by atoms with van der Waals surface area (Å²) in [5, 5.41) is 1.84. The zero-order chi connectivity index (χ0) is 12.1. The van der Waals surface area contributed by atoms with Gasteiger partial charge in [0.05, 0.1) is 5.02 Å². The lowest BCUT2D eigenvalue weighted by Gasteiger charge is -2.06. The summed E-state index contributed by atoms with van der Waals surface area (Å²) >= 11 is 5.63. The Morgan fingerprint density at radius 1 is 1.50 bits per heavy atom. The number of hydrogen-bond acceptors (Lipinski definition) is 3. The molecule has 0 fully saturated rings. The molecule has 0 heterocycles. The number of benzene rings is 1. The molecule has 16 heavy (non-hydrogen) atoms. The van der Waals surface area contributed by atoms with E-state index in [1.165, 1.54) is 6.07 Å². The van der Waals surface area contributed by atoms with Crippen molar-refractivity contribution in [3.05, 3.63) is 29.0 Å². The van der Waals surface area contributed by atoms with Gasteiger partial charge in [-0.1, -0.05) is 11.6 Å². The predicted molar refractivity (Wildman–Crippen MR) is 54.6 cm³/mol. The van der Waals surface area contributed by atoms with Crippen molar-refractivity contribution in [2.24, 2.45) is 5.73 Å². The Morgan fingerprint density at radius 3 is 2.75 bits per heavy atom. The van der Waals surface area contributed by atoms with Crippen LogP contribution in [0.2, 0.25) is 5.02 Å². The van der Waals surface area contributed by atoms with Gasteiger partial charge in [-0.25, -0.2) is 9.18 Å². The number of urea groups is 1. The number of ether oxygens (including phenoxy) is 1. The number of primary amides is 1. The molecule has 1 aromatic carbocycles. The monoisotopic (exact) mass is 246 g/mol. The van der Waals surface area contributed by atoms with Gasteiger partial charge < -0.3 is 10.5 Å². The summed E-state index contributed by atoms with van der Waals surface area (Å²) in [6.45, 7) is -0.436. The molecule has 0 aliphatic carbocycles. The standard InChI is InChI=1S/C9H8ClFN2O3/c10-6-3-5(11)1-2-7(6)16-4-8(14)13-9(12)15/h1-3H,4H2,(H3,12,13,14,15). The summed E-state index contributed by atoms with van der Waals surface area (Å²) in [6.07, 6.45) is 0. The first-order valence-corrected chi connectivity index (χ1v) is 4.54. The van der Waals surface area contributed by atoms with Crippen LogP contribution in [0.15, 0.2) is 18.2 Å². The van der Waals surface area contributed by atoms with Gasteiger partial charge in [0.25, 0.3) is 5.91 Å². The number of imide groups is 1. The van der Waals surface area contributed by atoms with Crippen LogP contribution in [-0.2, 0) is 4.79 Å². The van der Waals surface area contributed by atoms with Crippen molar-refractivity contribution < 1.29 is 18.7 Å². The number of nitrogens with one attached hydrogen (secondary N) is 1. The maximum Gasteiger partial charge on any atom is 0.318 e. The van der Waals surface area contributed by atoms with E-state index in [0.717, 1.165) is 12.1 Å². The van der Waals surface area contributed by atoms with Gasteiger partial charge in [0, 0.05) is 0 Å². The average Bonchev–Trinajstić information content (AvgIpc) is 2.15. The summed E-state index contributed by atoms with van der Waals surface area (Å²) < 4.78 is 17.6. The lowest BCUT2D eigenvalue weighted by atomic mass is 10.3. The lowest BCUT2D eigenvalue weighted by molar-refractivity contribution is -0.121. The normalized spacial score (nSPS) is 9.62. The number of carbonyl (C=O) groups excluding carboxylic acids is 2. The highest BCUT2D eigenvalue weighted by molar-refractivity contribution is 6.32. The van der Waals surface area contributed by atoms with Crippen molar-refractivity contribution in [3.63, 3.8) is 0 Å². The Kier molecular flexibility index (Phi) is 4.07. The molecule has 5 nitrogen and oxygen atoms in total. The van der Waals surface area contributed by atoms with Crippen molar-refractivity contribution in [2.75, 3.05) is 6.61 Å². The first-order chi connectivity index (χ1) is 7.49. The second-order valence-electron chi connectivity index (χ2n) is 2.78. The van der Waals surface area contributed by atoms with E-state index in [2.05, 4.69) is 0 Å². The molecular weight excluding hydrogens is 239 g/mol. The summed E-state index contributed by atoms with van der Waals surface area (Å²) in [5.74, 6) is -1.09. The molecule has 1 rings (SSSR count). The summed E-state index contributed by atoms with van der Waals surface area (Å²) in [6, 6.07) is 2.48. The van der Waals surface area contributed by atoms with Gasteiger partial charge in [-0.3, -0.25) is 10.1 Å². The van der Waals surface area contributed by atoms with Crippen LogP contribution in [0.4, 0.5) is 9.18 Å². The molecule has 0 saturated heterocycles. The van der Waals surface area contributed by atoms with Crippen LogP contribution in [0, 0.1) is 5.82 Å². The van der Waals surface area contributed by atoms with Crippen molar-refractivity contribution in [1.29, 1.82) is 0 Å². The minimum Gasteiger partial charge on any atom is -0.482 e. The molecule has 7 heteroatoms. The molecule has 0 aliphatic rings. The van der Waals surface area contributed by atoms with Crippen molar-refractivity contribution in [2.45, 2.75) is 0 Å². The molecule has 0 unspecified atom stereocenters. The molecule has 0 radical (unpaired) electrons. The van der Waals surface area contributed by atoms with E-state index in [-0.39, 0.29) is 10.8 Å². The molecule has 86 valence electrons. The molecule has 0 aromatic heterocycles. The predicted octanol–water partition coefficient (Wildman–Crippen LogP) is 1.05. The molecular formula is C9H8ClFN2O3. The van der Waals surface area contributed by atoms with Crippen LogP contribution in [0.3, 0.4) is 0 Å². The fraction of sp³-hybridized carbons (Fsp3) is 0.111. The van der Waals surface area contributed by atoms with Crippen LogP contribution in [0.5, 0.6) is 5.75 Å². The minimum absolute atomic E-state index is 0.0341. The molecule has 0 atom stereocenters. The Labute approximate surface area is 95.3 Å². The average molecular weight is 247 g/mol. The third kappa shape index (κ3) is 3.74. The Hall–Kier alpha value is -1.82. The van der Waals surface area contributed by atoms with E-state index in [9.17, 15) is 14.0 Å². The van der Waals surface area contributed by atoms with Crippen molar-refractivity contribution in [1.82, 2.24) is 5.32 Å². The van der Waals surface area contributed by atoms with Crippen LogP contribution in [0.1, 0.15) is 0 Å². The Bertz CT molecular complexity index is 425. The number of amides is 3. The van der Waals surface area contributed by atoms with Crippen LogP contribution in [-0.4, -0.2) is 18.5 Å². The van der Waals surface area contributed by atoms with E-state index in [0.29, 0.717) is 0 Å². The van der Waals surface area contributed by atoms with E-state index < -0.39 is 24.4 Å². The molecule has 0 saturated carbocycles. The summed E-state index contributed by atoms with van der Waals surface area (Å²) in [4.78, 5) is 21.2. The van der Waals surface area contributed by atoms with Gasteiger partial charge in [0.15, 0.2) is 6.61 Å². The van der Waals surface area contributed by atoms with E-state index in [4.69, 9.17) is 22.1 Å². The fourth-order valence-electron chi connectivity index (χ4n) is 0.909. The molecule has 0 aliphatic heterocycles. The van der Waals surface area contributed by atoms with Gasteiger partial charge in [0.1, 0.15) is 11.6 Å². The van der Waals surface area contributed by atoms with Crippen LogP contribution in [0.25, 0.3) is 0 Å². The van der Waals surface area contributed by atoms with E-state index >= 15 is 0 Å². The second-order valence-corrected chi connectivity index (χ2v) is 3.18. The highest BCUT2D eigenvalue weighted by Gasteiger charge is 2.07. The highest BCUT2D eigenvalue weighted by Crippen LogP contribution is 2.24. The van der Waals surface area contributed by atoms with Gasteiger partial charge in [0.2, 0.25) is 0 Å². The lowest BCUT2D eigenvalue weighted by Crippen LogP contribution is -2.38. The number of nitrogens with two attached hydrogens (primary N) is 1. The highest BCUT2D eigenvalue weighted by atomic mass is 35.5. The van der Waals surface area contributed by atoms with E-state index in [1.54, 1.807) is 5.32 Å². The Balaban J connectivity index is 2.54. The molecule has 3 amide bonds. The summed E-state index contributed by atoms with van der Waals surface area (Å²) in [5.41, 5.74) is 4.71. The number of hydrogen-bond donors (Lipinski definition) is 2. The quantitative estimate of drug-likeness (QED) is 0.836. The fourth-order valence-corrected chi connectivity index (χ4v) is 1.13. The first kappa shape index (κ1) is 12.3. The zero-order valence-corrected chi connectivity index (χ0v) is 8.75. The maximum absolute atomic E-state index is 12.6. The third-order valence-corrected chi connectivity index (χ3v) is 1.81. The number of carbonyl (C=O) groups is 2. The van der Waals surface area contributed by atoms with Crippen LogP contribution < -0.4 is 15.8 Å². The smallest absolute Gasteiger partial charge is 0.318 e. The molecule has 0 bridgehead atoms.